The van der Waals surface area contributed by atoms with Crippen LogP contribution in [0.3, 0.4) is 0 Å². The second kappa shape index (κ2) is 14.1. The molecule has 0 saturated heterocycles. The van der Waals surface area contributed by atoms with Crippen molar-refractivity contribution in [3.8, 4) is 0 Å². The fraction of sp³-hybridized carbons (Fsp3) is 1.00. The summed E-state index contributed by atoms with van der Waals surface area (Å²) in [7, 11) is -14.8. The average molecular weight is 639 g/mol. The lowest BCUT2D eigenvalue weighted by atomic mass is 9.98. The molecule has 36 heavy (non-hydrogen) atoms. The summed E-state index contributed by atoms with van der Waals surface area (Å²) in [5.74, 6) is 0.982. The van der Waals surface area contributed by atoms with Crippen molar-refractivity contribution in [3.63, 3.8) is 0 Å². The van der Waals surface area contributed by atoms with E-state index in [-0.39, 0.29) is 38.5 Å². The van der Waals surface area contributed by atoms with E-state index in [1.807, 2.05) is 0 Å². The minimum Gasteiger partial charge on any atom is -0.285 e. The van der Waals surface area contributed by atoms with Gasteiger partial charge in [-0.2, -0.15) is 33.7 Å². The highest BCUT2D eigenvalue weighted by atomic mass is 33.1. The summed E-state index contributed by atoms with van der Waals surface area (Å²) < 4.78 is 126. The van der Waals surface area contributed by atoms with Crippen LogP contribution in [0.25, 0.3) is 0 Å². The Hall–Kier alpha value is 0.340. The van der Waals surface area contributed by atoms with Gasteiger partial charge < -0.3 is 0 Å². The maximum atomic E-state index is 11.9. The van der Waals surface area contributed by atoms with Gasteiger partial charge in [-0.1, -0.05) is 21.6 Å². The van der Waals surface area contributed by atoms with E-state index in [9.17, 15) is 42.8 Å². The van der Waals surface area contributed by atoms with Crippen LogP contribution in [-0.4, -0.2) is 83.4 Å². The number of rotatable bonds is 19. The molecule has 0 fully saturated rings. The summed E-state index contributed by atoms with van der Waals surface area (Å²) in [4.78, 5) is 0. The van der Waals surface area contributed by atoms with Gasteiger partial charge in [0.1, 0.15) is 0 Å². The zero-order valence-electron chi connectivity index (χ0n) is 20.7. The second-order valence-electron chi connectivity index (χ2n) is 9.43. The van der Waals surface area contributed by atoms with Crippen LogP contribution in [0.2, 0.25) is 0 Å². The quantitative estimate of drug-likeness (QED) is 0.0906. The lowest BCUT2D eigenvalue weighted by molar-refractivity contribution is 0.392. The molecule has 0 aromatic carbocycles. The maximum Gasteiger partial charge on any atom is 0.270 e. The minimum absolute atomic E-state index is 0.0599. The summed E-state index contributed by atoms with van der Waals surface area (Å²) >= 11 is 0. The SMILES string of the molecule is CC(CCC(C)(CCCSSCCCC(C)(CCC(C)S(=O)(=O)O)S(=O)(=O)O)S(=O)(=O)O)S(=O)(=O)O. The highest BCUT2D eigenvalue weighted by molar-refractivity contribution is 8.76. The van der Waals surface area contributed by atoms with Crippen LogP contribution < -0.4 is 0 Å². The Morgan fingerprint density at radius 3 is 1.08 bits per heavy atom. The molecule has 18 heteroatoms. The fourth-order valence-corrected chi connectivity index (χ4v) is 7.77. The van der Waals surface area contributed by atoms with Gasteiger partial charge in [-0.3, -0.25) is 18.2 Å². The lowest BCUT2D eigenvalue weighted by Crippen LogP contribution is -2.36. The van der Waals surface area contributed by atoms with Crippen molar-refractivity contribution in [3.05, 3.63) is 0 Å². The molecule has 0 heterocycles. The van der Waals surface area contributed by atoms with Crippen LogP contribution in [0.4, 0.5) is 0 Å². The van der Waals surface area contributed by atoms with E-state index in [0.29, 0.717) is 24.3 Å². The molecular formula is C18H38O12S6. The van der Waals surface area contributed by atoms with Crippen molar-refractivity contribution in [2.75, 3.05) is 11.5 Å². The third kappa shape index (κ3) is 12.5. The molecule has 4 unspecified atom stereocenters. The Balaban J connectivity index is 4.65. The van der Waals surface area contributed by atoms with Gasteiger partial charge in [0, 0.05) is 11.5 Å². The highest BCUT2D eigenvalue weighted by Crippen LogP contribution is 2.34. The summed E-state index contributed by atoms with van der Waals surface area (Å²) in [6, 6.07) is 0. The molecule has 0 saturated carbocycles. The molecule has 0 rings (SSSR count). The van der Waals surface area contributed by atoms with Gasteiger partial charge in [-0.15, -0.1) is 0 Å². The third-order valence-corrected chi connectivity index (χ3v) is 14.8. The van der Waals surface area contributed by atoms with Crippen molar-refractivity contribution < 1.29 is 51.9 Å². The van der Waals surface area contributed by atoms with Gasteiger partial charge >= 0.3 is 0 Å². The second-order valence-corrected chi connectivity index (χ2v) is 19.7. The molecule has 0 radical (unpaired) electrons. The van der Waals surface area contributed by atoms with Crippen molar-refractivity contribution in [1.29, 1.82) is 0 Å². The van der Waals surface area contributed by atoms with Crippen molar-refractivity contribution in [2.24, 2.45) is 0 Å². The van der Waals surface area contributed by atoms with E-state index in [4.69, 9.17) is 9.11 Å². The van der Waals surface area contributed by atoms with Crippen LogP contribution in [0.15, 0.2) is 0 Å². The largest absolute Gasteiger partial charge is 0.285 e. The van der Waals surface area contributed by atoms with Crippen molar-refractivity contribution in [2.45, 2.75) is 99.1 Å². The molecule has 4 atom stereocenters. The molecule has 0 amide bonds. The standard InChI is InChI=1S/C18H38O12S6/c1-15(33(19,20)21)7-11-17(3,35(25,26)27)9-5-13-31-32-14-6-10-18(4,36(28,29)30)12-8-16(2)34(22,23)24/h15-16H,5-14H2,1-4H3,(H,19,20,21)(H,22,23,24)(H,25,26,27)(H,28,29,30). The van der Waals surface area contributed by atoms with Gasteiger partial charge in [0.05, 0.1) is 20.0 Å². The Labute approximate surface area is 223 Å². The monoisotopic (exact) mass is 638 g/mol. The summed E-state index contributed by atoms with van der Waals surface area (Å²) in [5.41, 5.74) is 0. The number of hydrogen-bond donors (Lipinski definition) is 4. The van der Waals surface area contributed by atoms with Gasteiger partial charge in [0.25, 0.3) is 40.5 Å². The molecule has 0 aliphatic rings. The first-order valence-corrected chi connectivity index (χ1v) is 19.4. The average Bonchev–Trinajstić information content (AvgIpc) is 2.68. The third-order valence-electron chi connectivity index (χ3n) is 6.37. The molecule has 12 nitrogen and oxygen atoms in total. The molecule has 0 spiro atoms. The fourth-order valence-electron chi connectivity index (χ4n) is 3.21. The van der Waals surface area contributed by atoms with E-state index < -0.39 is 60.5 Å². The maximum absolute atomic E-state index is 11.9. The summed E-state index contributed by atoms with van der Waals surface area (Å²) in [6.07, 6.45) is 0.271. The predicted octanol–water partition coefficient (Wildman–Crippen LogP) is 3.33. The van der Waals surface area contributed by atoms with Crippen LogP contribution in [0, 0.1) is 0 Å². The lowest BCUT2D eigenvalue weighted by Gasteiger charge is -2.27. The van der Waals surface area contributed by atoms with Gasteiger partial charge in [0.15, 0.2) is 0 Å². The smallest absolute Gasteiger partial charge is 0.270 e. The van der Waals surface area contributed by atoms with Crippen molar-refractivity contribution >= 4 is 62.1 Å². The zero-order chi connectivity index (χ0) is 28.6. The van der Waals surface area contributed by atoms with Crippen LogP contribution >= 0.6 is 21.6 Å². The molecule has 0 aliphatic heterocycles. The van der Waals surface area contributed by atoms with E-state index in [0.717, 1.165) is 0 Å². The summed E-state index contributed by atoms with van der Waals surface area (Å²) in [5, 5.41) is -2.35. The van der Waals surface area contributed by atoms with Crippen molar-refractivity contribution in [1.82, 2.24) is 0 Å². The van der Waals surface area contributed by atoms with Gasteiger partial charge in [-0.05, 0) is 79.1 Å². The summed E-state index contributed by atoms with van der Waals surface area (Å²) in [6.45, 7) is 5.12. The molecule has 0 aromatic heterocycles. The first-order chi connectivity index (χ1) is 16.0. The van der Waals surface area contributed by atoms with Crippen LogP contribution in [-0.2, 0) is 40.5 Å². The van der Waals surface area contributed by atoms with Crippen LogP contribution in [0.5, 0.6) is 0 Å². The zero-order valence-corrected chi connectivity index (χ0v) is 25.6. The van der Waals surface area contributed by atoms with Gasteiger partial charge in [0.2, 0.25) is 0 Å². The minimum atomic E-state index is -4.48. The normalized spacial score (nSPS) is 18.8. The van der Waals surface area contributed by atoms with E-state index >= 15 is 0 Å². The highest BCUT2D eigenvalue weighted by Gasteiger charge is 2.39. The van der Waals surface area contributed by atoms with E-state index in [1.165, 1.54) is 49.3 Å². The van der Waals surface area contributed by atoms with Crippen LogP contribution in [0.1, 0.15) is 79.1 Å². The molecule has 218 valence electrons. The predicted molar refractivity (Wildman–Crippen MR) is 144 cm³/mol. The Kier molecular flexibility index (Phi) is 14.2. The first-order valence-electron chi connectivity index (χ1n) is 11.1. The number of hydrogen-bond acceptors (Lipinski definition) is 10. The molecular weight excluding hydrogens is 601 g/mol. The molecule has 0 bridgehead atoms. The molecule has 4 N–H and O–H groups in total. The first kappa shape index (κ1) is 36.3. The van der Waals surface area contributed by atoms with E-state index in [1.54, 1.807) is 0 Å². The Morgan fingerprint density at radius 1 is 0.583 bits per heavy atom. The van der Waals surface area contributed by atoms with E-state index in [2.05, 4.69) is 0 Å². The topological polar surface area (TPSA) is 217 Å². The molecule has 0 aromatic rings. The van der Waals surface area contributed by atoms with Gasteiger partial charge in [-0.25, -0.2) is 0 Å². The Bertz CT molecular complexity index is 1030. The molecule has 0 aliphatic carbocycles. The Morgan fingerprint density at radius 2 is 0.861 bits per heavy atom.